The lowest BCUT2D eigenvalue weighted by Crippen LogP contribution is -2.45. The summed E-state index contributed by atoms with van der Waals surface area (Å²) >= 11 is 0. The van der Waals surface area contributed by atoms with Gasteiger partial charge in [-0.2, -0.15) is 0 Å². The molecule has 7 heteroatoms. The van der Waals surface area contributed by atoms with Crippen molar-refractivity contribution in [2.45, 2.75) is 32.2 Å². The van der Waals surface area contributed by atoms with Gasteiger partial charge in [0.1, 0.15) is 11.4 Å². The van der Waals surface area contributed by atoms with Crippen LogP contribution in [0, 0.1) is 0 Å². The van der Waals surface area contributed by atoms with Crippen LogP contribution >= 0.6 is 0 Å². The van der Waals surface area contributed by atoms with Crippen molar-refractivity contribution >= 4 is 17.7 Å². The molecular weight excluding hydrogens is 248 g/mol. The summed E-state index contributed by atoms with van der Waals surface area (Å²) in [7, 11) is 1.50. The third-order valence-electron chi connectivity index (χ3n) is 3.11. The van der Waals surface area contributed by atoms with E-state index < -0.39 is 11.5 Å². The zero-order chi connectivity index (χ0) is 14.5. The van der Waals surface area contributed by atoms with Crippen LogP contribution < -0.4 is 10.6 Å². The number of carbonyl (C=O) groups excluding carboxylic acids is 1. The lowest BCUT2D eigenvalue weighted by atomic mass is 9.93. The summed E-state index contributed by atoms with van der Waals surface area (Å²) in [5.41, 5.74) is -0.884. The largest absolute Gasteiger partial charge is 0.480 e. The van der Waals surface area contributed by atoms with Gasteiger partial charge in [0, 0.05) is 7.05 Å². The molecule has 3 N–H and O–H groups in total. The van der Waals surface area contributed by atoms with E-state index in [-0.39, 0.29) is 11.6 Å². The van der Waals surface area contributed by atoms with Crippen molar-refractivity contribution in [2.75, 3.05) is 12.4 Å². The van der Waals surface area contributed by atoms with E-state index in [2.05, 4.69) is 20.8 Å². The molecule has 104 valence electrons. The average molecular weight is 266 g/mol. The maximum Gasteiger partial charge on any atom is 0.329 e. The Bertz CT molecular complexity index is 455. The molecule has 0 fully saturated rings. The molecule has 1 aromatic rings. The maximum absolute atomic E-state index is 11.3. The van der Waals surface area contributed by atoms with Crippen molar-refractivity contribution in [1.29, 1.82) is 0 Å². The molecule has 0 atom stereocenters. The summed E-state index contributed by atoms with van der Waals surface area (Å²) in [4.78, 5) is 22.6. The number of nitrogens with zero attached hydrogens (tertiary/aromatic N) is 2. The first-order valence-electron chi connectivity index (χ1n) is 6.06. The minimum atomic E-state index is -1.07. The minimum absolute atomic E-state index is 0.182. The number of hydrogen-bond acceptors (Lipinski definition) is 5. The third kappa shape index (κ3) is 3.18. The van der Waals surface area contributed by atoms with E-state index in [1.807, 2.05) is 0 Å². The van der Waals surface area contributed by atoms with Crippen molar-refractivity contribution in [2.24, 2.45) is 0 Å². The zero-order valence-electron chi connectivity index (χ0n) is 11.2. The number of rotatable bonds is 6. The number of aliphatic carboxylic acids is 1. The van der Waals surface area contributed by atoms with Crippen molar-refractivity contribution in [1.82, 2.24) is 15.5 Å². The molecule has 0 aliphatic rings. The van der Waals surface area contributed by atoms with Gasteiger partial charge < -0.3 is 15.7 Å². The highest BCUT2D eigenvalue weighted by Crippen LogP contribution is 2.21. The summed E-state index contributed by atoms with van der Waals surface area (Å²) in [6, 6.07) is 3.03. The Labute approximate surface area is 111 Å². The van der Waals surface area contributed by atoms with E-state index in [0.29, 0.717) is 18.7 Å². The Morgan fingerprint density at radius 2 is 1.89 bits per heavy atom. The number of amides is 1. The van der Waals surface area contributed by atoms with E-state index in [4.69, 9.17) is 0 Å². The Balaban J connectivity index is 2.93. The van der Waals surface area contributed by atoms with E-state index in [1.54, 1.807) is 19.9 Å². The summed E-state index contributed by atoms with van der Waals surface area (Å²) in [5, 5.41) is 22.2. The van der Waals surface area contributed by atoms with Gasteiger partial charge in [0.25, 0.3) is 5.91 Å². The second kappa shape index (κ2) is 6.12. The van der Waals surface area contributed by atoms with Gasteiger partial charge in [-0.3, -0.25) is 4.79 Å². The summed E-state index contributed by atoms with van der Waals surface area (Å²) in [6.45, 7) is 3.58. The highest BCUT2D eigenvalue weighted by atomic mass is 16.4. The number of hydrogen-bond donors (Lipinski definition) is 3. The van der Waals surface area contributed by atoms with Gasteiger partial charge >= 0.3 is 5.97 Å². The molecule has 0 aromatic carbocycles. The molecule has 0 saturated heterocycles. The van der Waals surface area contributed by atoms with Gasteiger partial charge in [0.2, 0.25) is 0 Å². The standard InChI is InChI=1S/C12H18N4O3/c1-4-12(5-2,11(18)19)14-9-7-6-8(15-16-9)10(17)13-3/h6-7H,4-5H2,1-3H3,(H,13,17)(H,14,16)(H,18,19). The first-order chi connectivity index (χ1) is 8.99. The topological polar surface area (TPSA) is 104 Å². The van der Waals surface area contributed by atoms with Crippen LogP contribution in [0.4, 0.5) is 5.82 Å². The second-order valence-electron chi connectivity index (χ2n) is 4.10. The second-order valence-corrected chi connectivity index (χ2v) is 4.10. The van der Waals surface area contributed by atoms with Gasteiger partial charge in [0.05, 0.1) is 0 Å². The van der Waals surface area contributed by atoms with Crippen LogP contribution in [-0.4, -0.2) is 39.8 Å². The molecule has 1 rings (SSSR count). The Kier molecular flexibility index (Phi) is 4.80. The fourth-order valence-electron chi connectivity index (χ4n) is 1.68. The summed E-state index contributed by atoms with van der Waals surface area (Å²) < 4.78 is 0. The number of carbonyl (C=O) groups is 2. The molecule has 1 amide bonds. The van der Waals surface area contributed by atoms with Crippen molar-refractivity contribution in [3.63, 3.8) is 0 Å². The zero-order valence-corrected chi connectivity index (χ0v) is 11.2. The van der Waals surface area contributed by atoms with Crippen LogP contribution in [0.25, 0.3) is 0 Å². The summed E-state index contributed by atoms with van der Waals surface area (Å²) in [5.74, 6) is -0.942. The van der Waals surface area contributed by atoms with Gasteiger partial charge in [-0.1, -0.05) is 13.8 Å². The Hall–Kier alpha value is -2.18. The molecule has 1 aromatic heterocycles. The van der Waals surface area contributed by atoms with Gasteiger partial charge in [-0.05, 0) is 25.0 Å². The number of nitrogens with one attached hydrogen (secondary N) is 2. The molecule has 0 radical (unpaired) electrons. The van der Waals surface area contributed by atoms with Crippen LogP contribution in [0.1, 0.15) is 37.2 Å². The smallest absolute Gasteiger partial charge is 0.329 e. The van der Waals surface area contributed by atoms with Crippen molar-refractivity contribution in [3.8, 4) is 0 Å². The number of aromatic nitrogens is 2. The van der Waals surface area contributed by atoms with E-state index in [1.165, 1.54) is 13.1 Å². The molecule has 7 nitrogen and oxygen atoms in total. The highest BCUT2D eigenvalue weighted by molar-refractivity contribution is 5.92. The van der Waals surface area contributed by atoms with Crippen LogP contribution in [0.3, 0.4) is 0 Å². The maximum atomic E-state index is 11.3. The fourth-order valence-corrected chi connectivity index (χ4v) is 1.68. The molecule has 0 unspecified atom stereocenters. The highest BCUT2D eigenvalue weighted by Gasteiger charge is 2.35. The Morgan fingerprint density at radius 1 is 1.26 bits per heavy atom. The van der Waals surface area contributed by atoms with Crippen LogP contribution in [-0.2, 0) is 4.79 Å². The number of carboxylic acids is 1. The molecule has 0 aliphatic heterocycles. The van der Waals surface area contributed by atoms with Crippen LogP contribution in [0.5, 0.6) is 0 Å². The number of anilines is 1. The van der Waals surface area contributed by atoms with Gasteiger partial charge in [0.15, 0.2) is 5.69 Å². The molecule has 19 heavy (non-hydrogen) atoms. The molecule has 0 aliphatic carbocycles. The minimum Gasteiger partial charge on any atom is -0.480 e. The predicted octanol–water partition coefficient (Wildman–Crippen LogP) is 0.891. The lowest BCUT2D eigenvalue weighted by Gasteiger charge is -2.28. The monoisotopic (exact) mass is 266 g/mol. The average Bonchev–Trinajstić information content (AvgIpc) is 2.44. The van der Waals surface area contributed by atoms with Crippen molar-refractivity contribution < 1.29 is 14.7 Å². The number of carboxylic acid groups (broad SMARTS) is 1. The van der Waals surface area contributed by atoms with Crippen molar-refractivity contribution in [3.05, 3.63) is 17.8 Å². The predicted molar refractivity (Wildman–Crippen MR) is 70.0 cm³/mol. The van der Waals surface area contributed by atoms with Crippen LogP contribution in [0.2, 0.25) is 0 Å². The molecule has 0 bridgehead atoms. The van der Waals surface area contributed by atoms with Gasteiger partial charge in [-0.25, -0.2) is 4.79 Å². The fraction of sp³-hybridized carbons (Fsp3) is 0.500. The normalized spacial score (nSPS) is 10.9. The first-order valence-corrected chi connectivity index (χ1v) is 6.06. The lowest BCUT2D eigenvalue weighted by molar-refractivity contribution is -0.142. The van der Waals surface area contributed by atoms with Crippen LogP contribution in [0.15, 0.2) is 12.1 Å². The molecule has 0 saturated carbocycles. The SMILES string of the molecule is CCC(CC)(Nc1ccc(C(=O)NC)nn1)C(=O)O. The van der Waals surface area contributed by atoms with E-state index in [0.717, 1.165) is 0 Å². The van der Waals surface area contributed by atoms with E-state index >= 15 is 0 Å². The third-order valence-corrected chi connectivity index (χ3v) is 3.11. The van der Waals surface area contributed by atoms with E-state index in [9.17, 15) is 14.7 Å². The summed E-state index contributed by atoms with van der Waals surface area (Å²) in [6.07, 6.45) is 0.829. The molecule has 1 heterocycles. The quantitative estimate of drug-likeness (QED) is 0.706. The molecule has 0 spiro atoms. The molecular formula is C12H18N4O3. The Morgan fingerprint density at radius 3 is 2.26 bits per heavy atom. The first kappa shape index (κ1) is 14.9. The van der Waals surface area contributed by atoms with Gasteiger partial charge in [-0.15, -0.1) is 10.2 Å².